The predicted molar refractivity (Wildman–Crippen MR) is 50.1 cm³/mol. The summed E-state index contributed by atoms with van der Waals surface area (Å²) in [5, 5.41) is -1.46. The van der Waals surface area contributed by atoms with E-state index in [2.05, 4.69) is 0 Å². The summed E-state index contributed by atoms with van der Waals surface area (Å²) in [6.07, 6.45) is -3.26. The number of hydrogen-bond donors (Lipinski definition) is 1. The van der Waals surface area contributed by atoms with Gasteiger partial charge in [-0.25, -0.2) is 17.2 Å². The SMILES string of the molecule is O=c1cc(Cl)[nH]c(S(=O)(=O)Cl)c1C(F)F. The van der Waals surface area contributed by atoms with Gasteiger partial charge in [-0.15, -0.1) is 0 Å². The quantitative estimate of drug-likeness (QED) is 0.663. The van der Waals surface area contributed by atoms with Gasteiger partial charge in [0.15, 0.2) is 10.5 Å². The molecule has 9 heteroatoms. The van der Waals surface area contributed by atoms with Crippen LogP contribution in [-0.4, -0.2) is 13.4 Å². The molecular formula is C6H3Cl2F2NO3S. The molecule has 1 heterocycles. The summed E-state index contributed by atoms with van der Waals surface area (Å²) in [6, 6.07) is 0.647. The Morgan fingerprint density at radius 1 is 1.40 bits per heavy atom. The van der Waals surface area contributed by atoms with Crippen LogP contribution in [0.1, 0.15) is 12.0 Å². The van der Waals surface area contributed by atoms with E-state index in [1.807, 2.05) is 4.98 Å². The molecule has 0 radical (unpaired) electrons. The van der Waals surface area contributed by atoms with Crippen LogP contribution < -0.4 is 5.43 Å². The van der Waals surface area contributed by atoms with Crippen molar-refractivity contribution in [1.29, 1.82) is 0 Å². The molecule has 4 nitrogen and oxygen atoms in total. The van der Waals surface area contributed by atoms with Gasteiger partial charge < -0.3 is 4.98 Å². The van der Waals surface area contributed by atoms with Crippen LogP contribution in [0, 0.1) is 0 Å². The summed E-state index contributed by atoms with van der Waals surface area (Å²) in [7, 11) is 0.391. The first-order valence-electron chi connectivity index (χ1n) is 3.39. The maximum absolute atomic E-state index is 12.4. The Balaban J connectivity index is 3.70. The molecule has 1 aromatic rings. The molecule has 0 aliphatic carbocycles. The summed E-state index contributed by atoms with van der Waals surface area (Å²) in [5.41, 5.74) is -2.40. The van der Waals surface area contributed by atoms with Crippen molar-refractivity contribution < 1.29 is 17.2 Å². The third-order valence-electron chi connectivity index (χ3n) is 1.46. The van der Waals surface area contributed by atoms with Gasteiger partial charge in [0.25, 0.3) is 15.5 Å². The number of aromatic nitrogens is 1. The molecule has 0 saturated heterocycles. The van der Waals surface area contributed by atoms with E-state index in [1.54, 1.807) is 0 Å². The van der Waals surface area contributed by atoms with E-state index in [0.29, 0.717) is 6.07 Å². The molecule has 0 amide bonds. The second-order valence-electron chi connectivity index (χ2n) is 2.46. The molecule has 0 bridgehead atoms. The molecule has 1 aromatic heterocycles. The van der Waals surface area contributed by atoms with Crippen molar-refractivity contribution in [3.63, 3.8) is 0 Å². The molecule has 1 rings (SSSR count). The highest BCUT2D eigenvalue weighted by Crippen LogP contribution is 2.25. The van der Waals surface area contributed by atoms with E-state index < -0.39 is 31.5 Å². The zero-order valence-corrected chi connectivity index (χ0v) is 9.13. The van der Waals surface area contributed by atoms with Crippen LogP contribution in [0.5, 0.6) is 0 Å². The van der Waals surface area contributed by atoms with Gasteiger partial charge in [-0.05, 0) is 0 Å². The molecule has 0 aliphatic heterocycles. The van der Waals surface area contributed by atoms with Gasteiger partial charge in [-0.2, -0.15) is 0 Å². The molecule has 0 spiro atoms. The van der Waals surface area contributed by atoms with Crippen LogP contribution in [-0.2, 0) is 9.05 Å². The fourth-order valence-electron chi connectivity index (χ4n) is 0.916. The van der Waals surface area contributed by atoms with Crippen LogP contribution in [0.3, 0.4) is 0 Å². The lowest BCUT2D eigenvalue weighted by Gasteiger charge is -2.05. The van der Waals surface area contributed by atoms with Gasteiger partial charge in [0.1, 0.15) is 10.7 Å². The normalized spacial score (nSPS) is 12.1. The van der Waals surface area contributed by atoms with Gasteiger partial charge in [-0.1, -0.05) is 11.6 Å². The first kappa shape index (κ1) is 12.4. The van der Waals surface area contributed by atoms with Crippen LogP contribution in [0.4, 0.5) is 8.78 Å². The average molecular weight is 278 g/mol. The lowest BCUT2D eigenvalue weighted by atomic mass is 10.3. The van der Waals surface area contributed by atoms with Crippen molar-refractivity contribution in [1.82, 2.24) is 4.98 Å². The smallest absolute Gasteiger partial charge is 0.277 e. The van der Waals surface area contributed by atoms with E-state index in [-0.39, 0.29) is 5.15 Å². The van der Waals surface area contributed by atoms with E-state index >= 15 is 0 Å². The van der Waals surface area contributed by atoms with E-state index in [4.69, 9.17) is 22.3 Å². The summed E-state index contributed by atoms with van der Waals surface area (Å²) >= 11 is 5.31. The van der Waals surface area contributed by atoms with E-state index in [1.165, 1.54) is 0 Å². The number of rotatable bonds is 2. The molecule has 0 aliphatic rings. The number of pyridine rings is 1. The van der Waals surface area contributed by atoms with E-state index in [9.17, 15) is 22.0 Å². The first-order chi connectivity index (χ1) is 6.73. The van der Waals surface area contributed by atoms with Gasteiger partial charge in [0.05, 0.1) is 0 Å². The lowest BCUT2D eigenvalue weighted by Crippen LogP contribution is -2.15. The third-order valence-corrected chi connectivity index (χ3v) is 2.94. The number of halogens is 4. The summed E-state index contributed by atoms with van der Waals surface area (Å²) in [6.45, 7) is 0. The van der Waals surface area contributed by atoms with Gasteiger partial charge in [-0.3, -0.25) is 4.79 Å². The molecule has 1 N–H and O–H groups in total. The van der Waals surface area contributed by atoms with Gasteiger partial charge in [0.2, 0.25) is 0 Å². The molecule has 0 saturated carbocycles. The second kappa shape index (κ2) is 4.07. The summed E-state index contributed by atoms with van der Waals surface area (Å²) < 4.78 is 46.5. The molecule has 84 valence electrons. The fourth-order valence-corrected chi connectivity index (χ4v) is 2.21. The minimum atomic E-state index is -4.47. The Hall–Kier alpha value is -0.660. The molecule has 15 heavy (non-hydrogen) atoms. The van der Waals surface area contributed by atoms with Crippen LogP contribution in [0.15, 0.2) is 15.9 Å². The topological polar surface area (TPSA) is 67.0 Å². The third kappa shape index (κ3) is 2.67. The van der Waals surface area contributed by atoms with Gasteiger partial charge in [0, 0.05) is 16.7 Å². The van der Waals surface area contributed by atoms with Crippen molar-refractivity contribution in [3.8, 4) is 0 Å². The highest BCUT2D eigenvalue weighted by Gasteiger charge is 2.26. The fraction of sp³-hybridized carbons (Fsp3) is 0.167. The van der Waals surface area contributed by atoms with Crippen molar-refractivity contribution >= 4 is 31.3 Å². The Bertz CT molecular complexity index is 540. The summed E-state index contributed by atoms with van der Waals surface area (Å²) in [5.74, 6) is 0. The maximum atomic E-state index is 12.4. The first-order valence-corrected chi connectivity index (χ1v) is 6.07. The number of alkyl halides is 2. The molecule has 0 atom stereocenters. The van der Waals surface area contributed by atoms with E-state index in [0.717, 1.165) is 0 Å². The van der Waals surface area contributed by atoms with Crippen LogP contribution in [0.25, 0.3) is 0 Å². The minimum Gasteiger partial charge on any atom is -0.335 e. The van der Waals surface area contributed by atoms with Crippen molar-refractivity contribution in [3.05, 3.63) is 27.0 Å². The van der Waals surface area contributed by atoms with Crippen LogP contribution in [0.2, 0.25) is 5.15 Å². The largest absolute Gasteiger partial charge is 0.335 e. The number of aromatic amines is 1. The molecule has 0 unspecified atom stereocenters. The number of H-pyrrole nitrogens is 1. The Morgan fingerprint density at radius 2 is 1.93 bits per heavy atom. The van der Waals surface area contributed by atoms with Crippen molar-refractivity contribution in [2.45, 2.75) is 11.5 Å². The highest BCUT2D eigenvalue weighted by atomic mass is 35.7. The van der Waals surface area contributed by atoms with Crippen molar-refractivity contribution in [2.24, 2.45) is 0 Å². The average Bonchev–Trinajstić information content (AvgIpc) is 1.99. The monoisotopic (exact) mass is 277 g/mol. The molecule has 0 aromatic carbocycles. The Kier molecular flexibility index (Phi) is 3.37. The maximum Gasteiger partial charge on any atom is 0.277 e. The zero-order valence-electron chi connectivity index (χ0n) is 6.80. The Morgan fingerprint density at radius 3 is 2.33 bits per heavy atom. The second-order valence-corrected chi connectivity index (χ2v) is 5.37. The number of hydrogen-bond acceptors (Lipinski definition) is 3. The standard InChI is InChI=1S/C6H3Cl2F2NO3S/c7-3-1-2(12)4(5(9)10)6(11-3)15(8,13)14/h1,5H,(H,11,12). The van der Waals surface area contributed by atoms with Crippen molar-refractivity contribution in [2.75, 3.05) is 0 Å². The zero-order chi connectivity index (χ0) is 11.8. The Labute approximate surface area is 92.2 Å². The highest BCUT2D eigenvalue weighted by molar-refractivity contribution is 8.13. The minimum absolute atomic E-state index is 0.386. The lowest BCUT2D eigenvalue weighted by molar-refractivity contribution is 0.146. The summed E-state index contributed by atoms with van der Waals surface area (Å²) in [4.78, 5) is 12.9. The molecular weight excluding hydrogens is 275 g/mol. The molecule has 0 fully saturated rings. The van der Waals surface area contributed by atoms with Crippen LogP contribution >= 0.6 is 22.3 Å². The van der Waals surface area contributed by atoms with Gasteiger partial charge >= 0.3 is 0 Å². The number of nitrogens with one attached hydrogen (secondary N) is 1. The predicted octanol–water partition coefficient (Wildman–Crippen LogP) is 1.89.